The Labute approximate surface area is 140 Å². The number of nitro groups is 3. The summed E-state index contributed by atoms with van der Waals surface area (Å²) in [7, 11) is 0. The Balaban J connectivity index is 3.21. The molecule has 0 aliphatic heterocycles. The fraction of sp³-hybridized carbons (Fsp3) is 0.417. The highest BCUT2D eigenvalue weighted by atomic mass is 16.7. The van der Waals surface area contributed by atoms with Gasteiger partial charge in [-0.05, 0) is 25.5 Å². The SMILES string of the molecule is NCCCC[C@H](N)C(=O)Oc1ccc([N+](=O)[O-])c([N+](=O)[O-])c1[N+](=O)[O-]. The topological polar surface area (TPSA) is 208 Å². The standard InChI is InChI=1S/C12H15N5O8/c13-6-2-1-3-7(14)12(18)25-9-5-4-8(15(19)20)10(16(21)22)11(9)17(23)24/h4-5,7H,1-3,6,13-14H2/t7-/m0/s1. The zero-order chi connectivity index (χ0) is 19.1. The van der Waals surface area contributed by atoms with E-state index in [1.807, 2.05) is 0 Å². The smallest absolute Gasteiger partial charge is 0.418 e. The van der Waals surface area contributed by atoms with Crippen LogP contribution in [0.25, 0.3) is 0 Å². The molecule has 0 fully saturated rings. The Morgan fingerprint density at radius 3 is 2.12 bits per heavy atom. The first kappa shape index (κ1) is 19.9. The van der Waals surface area contributed by atoms with E-state index in [9.17, 15) is 35.1 Å². The lowest BCUT2D eigenvalue weighted by atomic mass is 10.1. The minimum Gasteiger partial charge on any atom is -0.418 e. The average Bonchev–Trinajstić information content (AvgIpc) is 2.53. The number of benzene rings is 1. The number of nitrogens with zero attached hydrogens (tertiary/aromatic N) is 3. The first-order valence-corrected chi connectivity index (χ1v) is 6.98. The molecule has 0 unspecified atom stereocenters. The van der Waals surface area contributed by atoms with Crippen molar-refractivity contribution in [1.82, 2.24) is 0 Å². The molecule has 0 aromatic heterocycles. The highest BCUT2D eigenvalue weighted by Gasteiger charge is 2.40. The fourth-order valence-electron chi connectivity index (χ4n) is 1.95. The minimum absolute atomic E-state index is 0.193. The van der Waals surface area contributed by atoms with E-state index < -0.39 is 49.6 Å². The maximum atomic E-state index is 11.9. The lowest BCUT2D eigenvalue weighted by Crippen LogP contribution is -2.34. The first-order chi connectivity index (χ1) is 11.7. The Kier molecular flexibility index (Phi) is 6.83. The van der Waals surface area contributed by atoms with Gasteiger partial charge in [0.05, 0.1) is 14.8 Å². The number of nitrogens with two attached hydrogens (primary N) is 2. The van der Waals surface area contributed by atoms with E-state index in [4.69, 9.17) is 16.2 Å². The summed E-state index contributed by atoms with van der Waals surface area (Å²) >= 11 is 0. The highest BCUT2D eigenvalue weighted by Crippen LogP contribution is 2.43. The first-order valence-electron chi connectivity index (χ1n) is 6.98. The van der Waals surface area contributed by atoms with Crippen molar-refractivity contribution < 1.29 is 24.3 Å². The van der Waals surface area contributed by atoms with Crippen LogP contribution in [0.5, 0.6) is 5.75 Å². The summed E-state index contributed by atoms with van der Waals surface area (Å²) in [5.74, 6) is -1.84. The molecule has 136 valence electrons. The van der Waals surface area contributed by atoms with Gasteiger partial charge in [-0.2, -0.15) is 0 Å². The number of rotatable bonds is 9. The molecule has 1 aromatic carbocycles. The van der Waals surface area contributed by atoms with Crippen molar-refractivity contribution in [3.8, 4) is 5.75 Å². The summed E-state index contributed by atoms with van der Waals surface area (Å²) in [6, 6.07) is 0.266. The molecule has 13 heteroatoms. The molecular formula is C12H15N5O8. The molecule has 0 amide bonds. The Bertz CT molecular complexity index is 707. The average molecular weight is 357 g/mol. The third kappa shape index (κ3) is 4.89. The van der Waals surface area contributed by atoms with E-state index in [0.29, 0.717) is 25.5 Å². The van der Waals surface area contributed by atoms with Gasteiger partial charge < -0.3 is 16.2 Å². The summed E-state index contributed by atoms with van der Waals surface area (Å²) in [5, 5.41) is 33.0. The van der Waals surface area contributed by atoms with Gasteiger partial charge in [0.2, 0.25) is 5.75 Å². The Morgan fingerprint density at radius 2 is 1.64 bits per heavy atom. The summed E-state index contributed by atoms with van der Waals surface area (Å²) in [5.41, 5.74) is 7.12. The molecule has 1 rings (SSSR count). The molecular weight excluding hydrogens is 342 g/mol. The van der Waals surface area contributed by atoms with Crippen LogP contribution in [-0.2, 0) is 4.79 Å². The van der Waals surface area contributed by atoms with Crippen molar-refractivity contribution in [2.45, 2.75) is 25.3 Å². The van der Waals surface area contributed by atoms with Gasteiger partial charge >= 0.3 is 23.0 Å². The number of nitro benzene ring substituents is 3. The van der Waals surface area contributed by atoms with Gasteiger partial charge in [-0.3, -0.25) is 30.3 Å². The molecule has 0 aliphatic carbocycles. The Hall–Kier alpha value is -3.19. The fourth-order valence-corrected chi connectivity index (χ4v) is 1.95. The van der Waals surface area contributed by atoms with Crippen LogP contribution in [0.3, 0.4) is 0 Å². The van der Waals surface area contributed by atoms with Crippen LogP contribution in [0.15, 0.2) is 12.1 Å². The second-order valence-electron chi connectivity index (χ2n) is 4.86. The van der Waals surface area contributed by atoms with Crippen molar-refractivity contribution in [3.63, 3.8) is 0 Å². The van der Waals surface area contributed by atoms with Crippen LogP contribution in [0.4, 0.5) is 17.1 Å². The predicted octanol–water partition coefficient (Wildman–Crippen LogP) is 0.773. The van der Waals surface area contributed by atoms with E-state index in [-0.39, 0.29) is 6.42 Å². The summed E-state index contributed by atoms with van der Waals surface area (Å²) < 4.78 is 4.76. The van der Waals surface area contributed by atoms with E-state index >= 15 is 0 Å². The van der Waals surface area contributed by atoms with Gasteiger partial charge in [0.15, 0.2) is 0 Å². The lowest BCUT2D eigenvalue weighted by molar-refractivity contribution is -0.441. The van der Waals surface area contributed by atoms with Gasteiger partial charge in [-0.1, -0.05) is 6.42 Å². The molecule has 0 saturated heterocycles. The van der Waals surface area contributed by atoms with Crippen molar-refractivity contribution in [1.29, 1.82) is 0 Å². The van der Waals surface area contributed by atoms with E-state index in [1.54, 1.807) is 0 Å². The van der Waals surface area contributed by atoms with Crippen molar-refractivity contribution in [2.75, 3.05) is 6.54 Å². The zero-order valence-corrected chi connectivity index (χ0v) is 12.8. The van der Waals surface area contributed by atoms with Crippen molar-refractivity contribution in [2.24, 2.45) is 11.5 Å². The molecule has 0 radical (unpaired) electrons. The number of carbonyl (C=O) groups is 1. The van der Waals surface area contributed by atoms with Crippen LogP contribution in [-0.4, -0.2) is 33.3 Å². The molecule has 0 aliphatic rings. The van der Waals surface area contributed by atoms with Crippen LogP contribution in [0, 0.1) is 30.3 Å². The number of hydrogen-bond donors (Lipinski definition) is 2. The maximum absolute atomic E-state index is 11.9. The maximum Gasteiger partial charge on any atom is 0.426 e. The number of hydrogen-bond acceptors (Lipinski definition) is 10. The quantitative estimate of drug-likeness (QED) is 0.208. The number of ether oxygens (including phenoxy) is 1. The van der Waals surface area contributed by atoms with Crippen LogP contribution in [0.2, 0.25) is 0 Å². The second-order valence-corrected chi connectivity index (χ2v) is 4.86. The minimum atomic E-state index is -1.38. The number of unbranched alkanes of at least 4 members (excludes halogenated alkanes) is 1. The molecule has 1 aromatic rings. The van der Waals surface area contributed by atoms with Gasteiger partial charge in [-0.25, -0.2) is 4.79 Å². The predicted molar refractivity (Wildman–Crippen MR) is 82.9 cm³/mol. The third-order valence-corrected chi connectivity index (χ3v) is 3.14. The number of carbonyl (C=O) groups excluding carboxylic acids is 1. The Morgan fingerprint density at radius 1 is 1.04 bits per heavy atom. The van der Waals surface area contributed by atoms with Gasteiger partial charge in [0.25, 0.3) is 0 Å². The van der Waals surface area contributed by atoms with E-state index in [2.05, 4.69) is 0 Å². The molecule has 0 heterocycles. The number of esters is 1. The van der Waals surface area contributed by atoms with Crippen LogP contribution in [0.1, 0.15) is 19.3 Å². The molecule has 0 bridgehead atoms. The molecule has 0 spiro atoms. The molecule has 25 heavy (non-hydrogen) atoms. The van der Waals surface area contributed by atoms with Crippen LogP contribution >= 0.6 is 0 Å². The van der Waals surface area contributed by atoms with Gasteiger partial charge in [0, 0.05) is 6.07 Å². The molecule has 13 nitrogen and oxygen atoms in total. The summed E-state index contributed by atoms with van der Waals surface area (Å²) in [4.78, 5) is 41.2. The monoisotopic (exact) mass is 357 g/mol. The highest BCUT2D eigenvalue weighted by molar-refractivity contribution is 5.81. The summed E-state index contributed by atoms with van der Waals surface area (Å²) in [6.45, 7) is 0.391. The second kappa shape index (κ2) is 8.60. The largest absolute Gasteiger partial charge is 0.426 e. The zero-order valence-electron chi connectivity index (χ0n) is 12.8. The normalized spacial score (nSPS) is 11.6. The molecule has 4 N–H and O–H groups in total. The lowest BCUT2D eigenvalue weighted by Gasteiger charge is -2.11. The van der Waals surface area contributed by atoms with E-state index in [1.165, 1.54) is 0 Å². The van der Waals surface area contributed by atoms with Gasteiger partial charge in [-0.15, -0.1) is 0 Å². The van der Waals surface area contributed by atoms with Crippen molar-refractivity contribution in [3.05, 3.63) is 42.5 Å². The summed E-state index contributed by atoms with van der Waals surface area (Å²) in [6.07, 6.45) is 1.30. The van der Waals surface area contributed by atoms with Crippen molar-refractivity contribution >= 4 is 23.0 Å². The van der Waals surface area contributed by atoms with E-state index in [0.717, 1.165) is 6.07 Å². The third-order valence-electron chi connectivity index (χ3n) is 3.14. The van der Waals surface area contributed by atoms with Gasteiger partial charge in [0.1, 0.15) is 6.04 Å². The molecule has 1 atom stereocenters. The van der Waals surface area contributed by atoms with Crippen LogP contribution < -0.4 is 16.2 Å². The molecule has 0 saturated carbocycles.